The van der Waals surface area contributed by atoms with E-state index in [2.05, 4.69) is 10.4 Å². The summed E-state index contributed by atoms with van der Waals surface area (Å²) in [6, 6.07) is 6.49. The van der Waals surface area contributed by atoms with Crippen LogP contribution in [0.25, 0.3) is 0 Å². The molecule has 0 aliphatic heterocycles. The molecule has 24 heavy (non-hydrogen) atoms. The smallest absolute Gasteiger partial charge is 0.422 e. The van der Waals surface area contributed by atoms with Gasteiger partial charge < -0.3 is 15.2 Å². The third kappa shape index (κ3) is 4.89. The molecule has 1 aromatic carbocycles. The summed E-state index contributed by atoms with van der Waals surface area (Å²) >= 11 is 0. The van der Waals surface area contributed by atoms with Crippen LogP contribution in [0.15, 0.2) is 24.3 Å². The molecule has 132 valence electrons. The Labute approximate surface area is 138 Å². The molecule has 0 atom stereocenters. The van der Waals surface area contributed by atoms with Gasteiger partial charge in [0, 0.05) is 12.1 Å². The highest BCUT2D eigenvalue weighted by atomic mass is 19.4. The van der Waals surface area contributed by atoms with E-state index in [0.29, 0.717) is 13.1 Å². The number of alkyl halides is 3. The molecular weight excluding hydrogens is 323 g/mol. The lowest BCUT2D eigenvalue weighted by atomic mass is 10.2. The molecule has 0 saturated heterocycles. The summed E-state index contributed by atoms with van der Waals surface area (Å²) in [5.74, 6) is 0.951. The summed E-state index contributed by atoms with van der Waals surface area (Å²) in [5, 5.41) is 16.6. The highest BCUT2D eigenvalue weighted by Crippen LogP contribution is 2.22. The minimum absolute atomic E-state index is 0.0317. The van der Waals surface area contributed by atoms with Crippen LogP contribution in [0.4, 0.5) is 19.0 Å². The number of hydrogen-bond donors (Lipinski definition) is 2. The zero-order chi connectivity index (χ0) is 17.7. The summed E-state index contributed by atoms with van der Waals surface area (Å²) in [6.07, 6.45) is -4.36. The quantitative estimate of drug-likeness (QED) is 0.811. The lowest BCUT2D eigenvalue weighted by Gasteiger charge is -2.12. The standard InChI is InChI=1S/C16H20F3N3O2/c1-11-12(2)21-22(6-7-23)15(11)20-9-13-4-3-5-14(8-13)24-10-16(17,18)19/h3-5,8,20,23H,6-7,9-10H2,1-2H3. The molecule has 0 bridgehead atoms. The van der Waals surface area contributed by atoms with Crippen LogP contribution in [0, 0.1) is 13.8 Å². The number of anilines is 1. The van der Waals surface area contributed by atoms with Gasteiger partial charge in [-0.2, -0.15) is 18.3 Å². The molecule has 0 aliphatic carbocycles. The Bertz CT molecular complexity index is 684. The summed E-state index contributed by atoms with van der Waals surface area (Å²) < 4.78 is 43.0. The monoisotopic (exact) mass is 343 g/mol. The molecule has 2 N–H and O–H groups in total. The zero-order valence-corrected chi connectivity index (χ0v) is 13.5. The van der Waals surface area contributed by atoms with Gasteiger partial charge in [0.15, 0.2) is 6.61 Å². The number of aliphatic hydroxyl groups is 1. The number of nitrogens with zero attached hydrogens (tertiary/aromatic N) is 2. The number of nitrogens with one attached hydrogen (secondary N) is 1. The molecule has 2 aromatic rings. The van der Waals surface area contributed by atoms with Crippen LogP contribution in [0.1, 0.15) is 16.8 Å². The third-order valence-corrected chi connectivity index (χ3v) is 3.50. The van der Waals surface area contributed by atoms with E-state index in [-0.39, 0.29) is 12.4 Å². The van der Waals surface area contributed by atoms with Crippen molar-refractivity contribution in [2.24, 2.45) is 0 Å². The van der Waals surface area contributed by atoms with E-state index in [1.54, 1.807) is 22.9 Å². The zero-order valence-electron chi connectivity index (χ0n) is 13.5. The van der Waals surface area contributed by atoms with Crippen molar-refractivity contribution in [1.29, 1.82) is 0 Å². The number of rotatable bonds is 7. The van der Waals surface area contributed by atoms with Crippen LogP contribution >= 0.6 is 0 Å². The lowest BCUT2D eigenvalue weighted by molar-refractivity contribution is -0.153. The van der Waals surface area contributed by atoms with Crippen LogP contribution in [-0.2, 0) is 13.1 Å². The van der Waals surface area contributed by atoms with Crippen LogP contribution in [0.5, 0.6) is 5.75 Å². The third-order valence-electron chi connectivity index (χ3n) is 3.50. The van der Waals surface area contributed by atoms with Crippen molar-refractivity contribution in [2.75, 3.05) is 18.5 Å². The number of ether oxygens (including phenoxy) is 1. The molecule has 0 spiro atoms. The van der Waals surface area contributed by atoms with E-state index < -0.39 is 12.8 Å². The van der Waals surface area contributed by atoms with Crippen molar-refractivity contribution >= 4 is 5.82 Å². The first kappa shape index (κ1) is 18.1. The van der Waals surface area contributed by atoms with Crippen molar-refractivity contribution in [3.63, 3.8) is 0 Å². The van der Waals surface area contributed by atoms with Gasteiger partial charge in [0.1, 0.15) is 11.6 Å². The molecule has 1 aromatic heterocycles. The van der Waals surface area contributed by atoms with E-state index in [9.17, 15) is 13.2 Å². The number of aliphatic hydroxyl groups excluding tert-OH is 1. The molecule has 0 amide bonds. The van der Waals surface area contributed by atoms with Crippen molar-refractivity contribution in [1.82, 2.24) is 9.78 Å². The van der Waals surface area contributed by atoms with Crippen molar-refractivity contribution < 1.29 is 23.0 Å². The van der Waals surface area contributed by atoms with Gasteiger partial charge in [-0.05, 0) is 31.5 Å². The minimum atomic E-state index is -4.36. The second-order valence-electron chi connectivity index (χ2n) is 5.41. The van der Waals surface area contributed by atoms with E-state index in [4.69, 9.17) is 9.84 Å². The highest BCUT2D eigenvalue weighted by Gasteiger charge is 2.28. The van der Waals surface area contributed by atoms with Gasteiger partial charge in [0.05, 0.1) is 18.8 Å². The van der Waals surface area contributed by atoms with Gasteiger partial charge in [0.2, 0.25) is 0 Å². The Balaban J connectivity index is 2.05. The number of aromatic nitrogens is 2. The van der Waals surface area contributed by atoms with Crippen LogP contribution < -0.4 is 10.1 Å². The second-order valence-corrected chi connectivity index (χ2v) is 5.41. The Morgan fingerprint density at radius 1 is 1.29 bits per heavy atom. The molecule has 5 nitrogen and oxygen atoms in total. The Hall–Kier alpha value is -2.22. The molecule has 0 saturated carbocycles. The number of hydrogen-bond acceptors (Lipinski definition) is 4. The van der Waals surface area contributed by atoms with Crippen LogP contribution in [0.2, 0.25) is 0 Å². The van der Waals surface area contributed by atoms with E-state index in [1.807, 2.05) is 13.8 Å². The lowest BCUT2D eigenvalue weighted by Crippen LogP contribution is -2.19. The normalized spacial score (nSPS) is 11.6. The average molecular weight is 343 g/mol. The molecule has 2 rings (SSSR count). The molecule has 1 heterocycles. The Morgan fingerprint density at radius 2 is 2.04 bits per heavy atom. The molecule has 0 unspecified atom stereocenters. The molecular formula is C16H20F3N3O2. The van der Waals surface area contributed by atoms with Gasteiger partial charge in [-0.15, -0.1) is 0 Å². The fourth-order valence-electron chi connectivity index (χ4n) is 2.25. The summed E-state index contributed by atoms with van der Waals surface area (Å²) in [7, 11) is 0. The van der Waals surface area contributed by atoms with Gasteiger partial charge in [0.25, 0.3) is 0 Å². The molecule has 8 heteroatoms. The van der Waals surface area contributed by atoms with Gasteiger partial charge in [-0.25, -0.2) is 4.68 Å². The molecule has 0 fully saturated rings. The fourth-order valence-corrected chi connectivity index (χ4v) is 2.25. The number of aryl methyl sites for hydroxylation is 1. The van der Waals surface area contributed by atoms with Gasteiger partial charge >= 0.3 is 6.18 Å². The summed E-state index contributed by atoms with van der Waals surface area (Å²) in [5.41, 5.74) is 2.60. The maximum atomic E-state index is 12.2. The highest BCUT2D eigenvalue weighted by molar-refractivity contribution is 5.47. The van der Waals surface area contributed by atoms with E-state index in [0.717, 1.165) is 22.6 Å². The first-order valence-electron chi connectivity index (χ1n) is 7.47. The first-order chi connectivity index (χ1) is 11.3. The van der Waals surface area contributed by atoms with E-state index in [1.165, 1.54) is 6.07 Å². The van der Waals surface area contributed by atoms with Crippen molar-refractivity contribution in [3.05, 3.63) is 41.1 Å². The fraction of sp³-hybridized carbons (Fsp3) is 0.438. The average Bonchev–Trinajstić information content (AvgIpc) is 2.78. The number of halogens is 3. The molecule has 0 aliphatic rings. The summed E-state index contributed by atoms with van der Waals surface area (Å²) in [6.45, 7) is 3.22. The Morgan fingerprint density at radius 3 is 2.71 bits per heavy atom. The second kappa shape index (κ2) is 7.57. The van der Waals surface area contributed by atoms with Crippen molar-refractivity contribution in [3.8, 4) is 5.75 Å². The Kier molecular flexibility index (Phi) is 5.71. The van der Waals surface area contributed by atoms with Crippen LogP contribution in [-0.4, -0.2) is 34.3 Å². The van der Waals surface area contributed by atoms with Gasteiger partial charge in [-0.1, -0.05) is 12.1 Å². The maximum absolute atomic E-state index is 12.2. The topological polar surface area (TPSA) is 59.3 Å². The minimum Gasteiger partial charge on any atom is -0.484 e. The van der Waals surface area contributed by atoms with Crippen LogP contribution in [0.3, 0.4) is 0 Å². The number of benzene rings is 1. The maximum Gasteiger partial charge on any atom is 0.422 e. The largest absolute Gasteiger partial charge is 0.484 e. The SMILES string of the molecule is Cc1nn(CCO)c(NCc2cccc(OCC(F)(F)F)c2)c1C. The van der Waals surface area contributed by atoms with Crippen molar-refractivity contribution in [2.45, 2.75) is 33.1 Å². The predicted octanol–water partition coefficient (Wildman–Crippen LogP) is 3.05. The molecule has 0 radical (unpaired) electrons. The first-order valence-corrected chi connectivity index (χ1v) is 7.47. The predicted molar refractivity (Wildman–Crippen MR) is 84.1 cm³/mol. The van der Waals surface area contributed by atoms with E-state index >= 15 is 0 Å². The van der Waals surface area contributed by atoms with Gasteiger partial charge in [-0.3, -0.25) is 0 Å². The summed E-state index contributed by atoms with van der Waals surface area (Å²) in [4.78, 5) is 0.